The summed E-state index contributed by atoms with van der Waals surface area (Å²) in [6.07, 6.45) is 0. The van der Waals surface area contributed by atoms with Gasteiger partial charge in [-0.3, -0.25) is 0 Å². The lowest BCUT2D eigenvalue weighted by molar-refractivity contribution is 0.0712. The Morgan fingerprint density at radius 2 is 1.69 bits per heavy atom. The summed E-state index contributed by atoms with van der Waals surface area (Å²) in [5, 5.41) is 6.67. The first-order valence-corrected chi connectivity index (χ1v) is 5.81. The van der Waals surface area contributed by atoms with Crippen molar-refractivity contribution in [1.29, 1.82) is 0 Å². The van der Waals surface area contributed by atoms with Crippen LogP contribution in [0, 0.1) is 0 Å². The Balaban J connectivity index is 3.08. The van der Waals surface area contributed by atoms with Crippen LogP contribution in [0.2, 0.25) is 0 Å². The second-order valence-electron chi connectivity index (χ2n) is 3.66. The van der Waals surface area contributed by atoms with E-state index in [0.717, 1.165) is 32.8 Å². The van der Waals surface area contributed by atoms with E-state index < -0.39 is 0 Å². The molecule has 0 bridgehead atoms. The van der Waals surface area contributed by atoms with Gasteiger partial charge in [0, 0.05) is 39.9 Å². The second-order valence-corrected chi connectivity index (χ2v) is 3.66. The molecule has 0 aliphatic heterocycles. The van der Waals surface area contributed by atoms with Crippen LogP contribution in [0.1, 0.15) is 6.92 Å². The highest BCUT2D eigenvalue weighted by molar-refractivity contribution is 4.63. The minimum absolute atomic E-state index is 0.447. The smallest absolute Gasteiger partial charge is 0.0700 e. The third-order valence-corrected chi connectivity index (χ3v) is 2.10. The van der Waals surface area contributed by atoms with Gasteiger partial charge in [-0.2, -0.15) is 0 Å². The minimum atomic E-state index is 0.447. The second kappa shape index (κ2) is 12.9. The largest absolute Gasteiger partial charge is 0.383 e. The Bertz CT molecular complexity index is 136. The fourth-order valence-electron chi connectivity index (χ4n) is 1.19. The molecular formula is C11H26N2O3. The Hall–Kier alpha value is -0.200. The van der Waals surface area contributed by atoms with Crippen LogP contribution in [0.25, 0.3) is 0 Å². The molecule has 0 fully saturated rings. The lowest BCUT2D eigenvalue weighted by Gasteiger charge is -2.14. The van der Waals surface area contributed by atoms with Crippen molar-refractivity contribution in [3.05, 3.63) is 0 Å². The van der Waals surface area contributed by atoms with Gasteiger partial charge in [-0.25, -0.2) is 0 Å². The highest BCUT2D eigenvalue weighted by Gasteiger charge is 1.99. The zero-order valence-corrected chi connectivity index (χ0v) is 10.8. The Morgan fingerprint density at radius 1 is 0.938 bits per heavy atom. The highest BCUT2D eigenvalue weighted by atomic mass is 16.5. The van der Waals surface area contributed by atoms with Crippen molar-refractivity contribution in [1.82, 2.24) is 10.6 Å². The molecule has 0 rings (SSSR count). The van der Waals surface area contributed by atoms with Gasteiger partial charge in [0.1, 0.15) is 0 Å². The topological polar surface area (TPSA) is 51.8 Å². The number of hydrogen-bond acceptors (Lipinski definition) is 5. The van der Waals surface area contributed by atoms with Crippen LogP contribution in [0.3, 0.4) is 0 Å². The summed E-state index contributed by atoms with van der Waals surface area (Å²) in [4.78, 5) is 0. The third-order valence-electron chi connectivity index (χ3n) is 2.10. The molecule has 0 saturated heterocycles. The lowest BCUT2D eigenvalue weighted by Crippen LogP contribution is -2.39. The molecule has 0 saturated carbocycles. The van der Waals surface area contributed by atoms with E-state index in [0.29, 0.717) is 19.3 Å². The molecule has 0 aromatic carbocycles. The van der Waals surface area contributed by atoms with Crippen molar-refractivity contribution in [2.45, 2.75) is 13.0 Å². The van der Waals surface area contributed by atoms with E-state index in [9.17, 15) is 0 Å². The van der Waals surface area contributed by atoms with Crippen LogP contribution in [0.15, 0.2) is 0 Å². The molecule has 16 heavy (non-hydrogen) atoms. The van der Waals surface area contributed by atoms with Crippen LogP contribution in [0.5, 0.6) is 0 Å². The maximum absolute atomic E-state index is 5.34. The molecule has 98 valence electrons. The molecule has 5 nitrogen and oxygen atoms in total. The van der Waals surface area contributed by atoms with Crippen molar-refractivity contribution in [2.24, 2.45) is 0 Å². The van der Waals surface area contributed by atoms with Crippen LogP contribution in [0.4, 0.5) is 0 Å². The van der Waals surface area contributed by atoms with Crippen molar-refractivity contribution < 1.29 is 14.2 Å². The molecule has 0 radical (unpaired) electrons. The lowest BCUT2D eigenvalue weighted by atomic mass is 10.3. The van der Waals surface area contributed by atoms with E-state index >= 15 is 0 Å². The van der Waals surface area contributed by atoms with Crippen LogP contribution in [-0.2, 0) is 14.2 Å². The van der Waals surface area contributed by atoms with Crippen LogP contribution >= 0.6 is 0 Å². The van der Waals surface area contributed by atoms with Crippen molar-refractivity contribution in [3.63, 3.8) is 0 Å². The molecule has 1 unspecified atom stereocenters. The van der Waals surface area contributed by atoms with Crippen LogP contribution in [-0.4, -0.2) is 66.3 Å². The van der Waals surface area contributed by atoms with Gasteiger partial charge < -0.3 is 24.8 Å². The van der Waals surface area contributed by atoms with Gasteiger partial charge in [0.2, 0.25) is 0 Å². The van der Waals surface area contributed by atoms with Crippen molar-refractivity contribution in [3.8, 4) is 0 Å². The average Bonchev–Trinajstić information content (AvgIpc) is 2.29. The third kappa shape index (κ3) is 11.9. The van der Waals surface area contributed by atoms with Crippen molar-refractivity contribution in [2.75, 3.05) is 60.3 Å². The zero-order valence-electron chi connectivity index (χ0n) is 10.8. The SMILES string of the molecule is COCCNCC(C)NCCOCCOC. The fourth-order valence-corrected chi connectivity index (χ4v) is 1.19. The standard InChI is InChI=1S/C11H26N2O3/c1-11(10-12-4-6-14-2)13-5-7-16-9-8-15-3/h11-13H,4-10H2,1-3H3. The predicted molar refractivity (Wildman–Crippen MR) is 64.9 cm³/mol. The van der Waals surface area contributed by atoms with Gasteiger partial charge in [-0.15, -0.1) is 0 Å². The summed E-state index contributed by atoms with van der Waals surface area (Å²) in [6.45, 7) is 7.67. The molecule has 5 heteroatoms. The first-order chi connectivity index (χ1) is 7.81. The van der Waals surface area contributed by atoms with Gasteiger partial charge in [0.25, 0.3) is 0 Å². The zero-order chi connectivity index (χ0) is 12.1. The first-order valence-electron chi connectivity index (χ1n) is 5.81. The van der Waals surface area contributed by atoms with Crippen LogP contribution < -0.4 is 10.6 Å². The molecule has 0 spiro atoms. The Morgan fingerprint density at radius 3 is 2.38 bits per heavy atom. The van der Waals surface area contributed by atoms with E-state index in [4.69, 9.17) is 14.2 Å². The molecule has 2 N–H and O–H groups in total. The number of nitrogens with one attached hydrogen (secondary N) is 2. The molecule has 0 aliphatic carbocycles. The van der Waals surface area contributed by atoms with Crippen molar-refractivity contribution >= 4 is 0 Å². The van der Waals surface area contributed by atoms with Gasteiger partial charge in [-0.1, -0.05) is 0 Å². The average molecular weight is 234 g/mol. The van der Waals surface area contributed by atoms with Gasteiger partial charge in [0.05, 0.1) is 26.4 Å². The number of ether oxygens (including phenoxy) is 3. The molecule has 0 heterocycles. The molecule has 0 aromatic rings. The molecule has 0 aliphatic rings. The predicted octanol–water partition coefficient (Wildman–Crippen LogP) is -0.136. The normalized spacial score (nSPS) is 12.9. The van der Waals surface area contributed by atoms with E-state index in [1.807, 2.05) is 0 Å². The number of hydrogen-bond donors (Lipinski definition) is 2. The maximum Gasteiger partial charge on any atom is 0.0700 e. The highest BCUT2D eigenvalue weighted by Crippen LogP contribution is 1.80. The van der Waals surface area contributed by atoms with Gasteiger partial charge in [-0.05, 0) is 6.92 Å². The van der Waals surface area contributed by atoms with Gasteiger partial charge >= 0.3 is 0 Å². The molecule has 1 atom stereocenters. The first kappa shape index (κ1) is 15.8. The summed E-state index contributed by atoms with van der Waals surface area (Å²) in [7, 11) is 3.39. The van der Waals surface area contributed by atoms with E-state index in [-0.39, 0.29) is 0 Å². The maximum atomic E-state index is 5.34. The number of rotatable bonds is 12. The van der Waals surface area contributed by atoms with E-state index in [2.05, 4.69) is 17.6 Å². The Labute approximate surface area is 98.8 Å². The molecule has 0 amide bonds. The Kier molecular flexibility index (Phi) is 12.7. The molecular weight excluding hydrogens is 208 g/mol. The number of methoxy groups -OCH3 is 2. The van der Waals surface area contributed by atoms with E-state index in [1.54, 1.807) is 14.2 Å². The summed E-state index contributed by atoms with van der Waals surface area (Å²) in [6, 6.07) is 0.447. The summed E-state index contributed by atoms with van der Waals surface area (Å²) in [5.41, 5.74) is 0. The van der Waals surface area contributed by atoms with E-state index in [1.165, 1.54) is 0 Å². The molecule has 0 aromatic heterocycles. The summed E-state index contributed by atoms with van der Waals surface area (Å²) in [5.74, 6) is 0. The fraction of sp³-hybridized carbons (Fsp3) is 1.00. The summed E-state index contributed by atoms with van der Waals surface area (Å²) >= 11 is 0. The quantitative estimate of drug-likeness (QED) is 0.461. The summed E-state index contributed by atoms with van der Waals surface area (Å²) < 4.78 is 15.2. The van der Waals surface area contributed by atoms with Gasteiger partial charge in [0.15, 0.2) is 0 Å². The minimum Gasteiger partial charge on any atom is -0.383 e. The monoisotopic (exact) mass is 234 g/mol.